The highest BCUT2D eigenvalue weighted by Gasteiger charge is 2.27. The van der Waals surface area contributed by atoms with Crippen LogP contribution >= 0.6 is 0 Å². The molecule has 1 amide bonds. The number of aromatic nitrogens is 2. The van der Waals surface area contributed by atoms with Crippen molar-refractivity contribution in [2.24, 2.45) is 0 Å². The number of carbonyl (C=O) groups is 1. The second-order valence-corrected chi connectivity index (χ2v) is 9.44. The van der Waals surface area contributed by atoms with Gasteiger partial charge in [0.15, 0.2) is 0 Å². The lowest BCUT2D eigenvalue weighted by Gasteiger charge is -2.29. The molecule has 1 N–H and O–H groups in total. The van der Waals surface area contributed by atoms with Gasteiger partial charge in [-0.3, -0.25) is 9.48 Å². The van der Waals surface area contributed by atoms with Gasteiger partial charge < -0.3 is 10.1 Å². The van der Waals surface area contributed by atoms with Gasteiger partial charge in [-0.1, -0.05) is 0 Å². The predicted octanol–water partition coefficient (Wildman–Crippen LogP) is 1.82. The second-order valence-electron chi connectivity index (χ2n) is 7.51. The number of ether oxygens (including phenoxy) is 1. The van der Waals surface area contributed by atoms with Crippen LogP contribution in [-0.2, 0) is 14.8 Å². The smallest absolute Gasteiger partial charge is 0.251 e. The number of hydrogen-bond donors (Lipinski definition) is 1. The Morgan fingerprint density at radius 1 is 1.07 bits per heavy atom. The van der Waals surface area contributed by atoms with E-state index in [0.717, 1.165) is 25.7 Å². The summed E-state index contributed by atoms with van der Waals surface area (Å²) in [5.41, 5.74) is 0.472. The number of hydrogen-bond acceptors (Lipinski definition) is 5. The first-order valence-corrected chi connectivity index (χ1v) is 11.5. The molecule has 2 aliphatic rings. The maximum absolute atomic E-state index is 12.7. The summed E-state index contributed by atoms with van der Waals surface area (Å²) in [5, 5.41) is 7.38. The summed E-state index contributed by atoms with van der Waals surface area (Å²) in [6, 6.07) is 8.63. The van der Waals surface area contributed by atoms with E-state index in [9.17, 15) is 13.2 Å². The lowest BCUT2D eigenvalue weighted by molar-refractivity contribution is 0.0730. The third-order valence-corrected chi connectivity index (χ3v) is 7.57. The number of nitrogens with zero attached hydrogens (tertiary/aromatic N) is 3. The lowest BCUT2D eigenvalue weighted by atomic mass is 9.91. The van der Waals surface area contributed by atoms with Crippen LogP contribution in [0, 0.1) is 0 Å². The van der Waals surface area contributed by atoms with Gasteiger partial charge >= 0.3 is 0 Å². The van der Waals surface area contributed by atoms with Crippen LogP contribution in [0.3, 0.4) is 0 Å². The monoisotopic (exact) mass is 418 g/mol. The van der Waals surface area contributed by atoms with Crippen molar-refractivity contribution in [2.75, 3.05) is 26.3 Å². The maximum Gasteiger partial charge on any atom is 0.251 e. The molecule has 2 aromatic rings. The quantitative estimate of drug-likeness (QED) is 0.799. The molecule has 1 aromatic carbocycles. The molecule has 2 heterocycles. The van der Waals surface area contributed by atoms with Gasteiger partial charge in [0.2, 0.25) is 10.0 Å². The summed E-state index contributed by atoms with van der Waals surface area (Å²) in [6.45, 7) is 1.52. The lowest BCUT2D eigenvalue weighted by Crippen LogP contribution is -2.40. The van der Waals surface area contributed by atoms with E-state index in [1.165, 1.54) is 16.4 Å². The van der Waals surface area contributed by atoms with Crippen molar-refractivity contribution >= 4 is 15.9 Å². The van der Waals surface area contributed by atoms with E-state index in [2.05, 4.69) is 10.4 Å². The maximum atomic E-state index is 12.7. The number of benzene rings is 1. The van der Waals surface area contributed by atoms with Crippen molar-refractivity contribution < 1.29 is 17.9 Å². The van der Waals surface area contributed by atoms with Crippen LogP contribution in [0.2, 0.25) is 0 Å². The van der Waals surface area contributed by atoms with Crippen LogP contribution in [0.5, 0.6) is 0 Å². The van der Waals surface area contributed by atoms with Crippen molar-refractivity contribution in [3.63, 3.8) is 0 Å². The predicted molar refractivity (Wildman–Crippen MR) is 107 cm³/mol. The average molecular weight is 419 g/mol. The molecule has 0 unspecified atom stereocenters. The average Bonchev–Trinajstić information content (AvgIpc) is 3.30. The number of sulfonamides is 1. The highest BCUT2D eigenvalue weighted by atomic mass is 32.2. The van der Waals surface area contributed by atoms with Gasteiger partial charge in [0.05, 0.1) is 24.2 Å². The number of morpholine rings is 1. The Kier molecular flexibility index (Phi) is 5.98. The zero-order valence-corrected chi connectivity index (χ0v) is 17.1. The topological polar surface area (TPSA) is 93.5 Å². The molecule has 2 fully saturated rings. The van der Waals surface area contributed by atoms with Crippen molar-refractivity contribution in [3.05, 3.63) is 48.3 Å². The summed E-state index contributed by atoms with van der Waals surface area (Å²) >= 11 is 0. The van der Waals surface area contributed by atoms with Crippen molar-refractivity contribution in [3.8, 4) is 0 Å². The molecule has 4 rings (SSSR count). The van der Waals surface area contributed by atoms with Gasteiger partial charge in [0.1, 0.15) is 0 Å². The normalized spacial score (nSPS) is 23.6. The summed E-state index contributed by atoms with van der Waals surface area (Å²) in [4.78, 5) is 12.8. The van der Waals surface area contributed by atoms with E-state index in [4.69, 9.17) is 4.74 Å². The van der Waals surface area contributed by atoms with Crippen molar-refractivity contribution in [2.45, 2.75) is 42.7 Å². The molecule has 29 heavy (non-hydrogen) atoms. The molecule has 1 aliphatic heterocycles. The molecule has 1 saturated carbocycles. The van der Waals surface area contributed by atoms with Crippen LogP contribution in [0.4, 0.5) is 0 Å². The third-order valence-electron chi connectivity index (χ3n) is 5.66. The minimum atomic E-state index is -3.55. The van der Waals surface area contributed by atoms with Crippen LogP contribution in [0.1, 0.15) is 42.1 Å². The van der Waals surface area contributed by atoms with E-state index in [1.807, 2.05) is 16.9 Å². The van der Waals surface area contributed by atoms with Gasteiger partial charge in [-0.2, -0.15) is 9.40 Å². The minimum Gasteiger partial charge on any atom is -0.379 e. The molecule has 1 aliphatic carbocycles. The number of amides is 1. The Morgan fingerprint density at radius 3 is 2.38 bits per heavy atom. The van der Waals surface area contributed by atoms with E-state index < -0.39 is 10.0 Å². The molecular weight excluding hydrogens is 392 g/mol. The van der Waals surface area contributed by atoms with E-state index >= 15 is 0 Å². The van der Waals surface area contributed by atoms with Crippen molar-refractivity contribution in [1.29, 1.82) is 0 Å². The van der Waals surface area contributed by atoms with Crippen LogP contribution in [-0.4, -0.2) is 60.8 Å². The molecule has 1 aromatic heterocycles. The molecule has 0 radical (unpaired) electrons. The molecular formula is C20H26N4O4S. The van der Waals surface area contributed by atoms with Gasteiger partial charge in [0.25, 0.3) is 5.91 Å². The first kappa shape index (κ1) is 20.1. The molecule has 8 nitrogen and oxygen atoms in total. The van der Waals surface area contributed by atoms with E-state index in [-0.39, 0.29) is 16.8 Å². The fourth-order valence-corrected chi connectivity index (χ4v) is 5.37. The van der Waals surface area contributed by atoms with Crippen LogP contribution in [0.15, 0.2) is 47.6 Å². The van der Waals surface area contributed by atoms with Gasteiger partial charge in [-0.05, 0) is 56.0 Å². The highest BCUT2D eigenvalue weighted by molar-refractivity contribution is 7.89. The van der Waals surface area contributed by atoms with E-state index in [0.29, 0.717) is 37.9 Å². The molecule has 0 bridgehead atoms. The Balaban J connectivity index is 1.34. The molecule has 9 heteroatoms. The number of carbonyl (C=O) groups excluding carboxylic acids is 1. The first-order valence-electron chi connectivity index (χ1n) is 10.0. The Morgan fingerprint density at radius 2 is 1.76 bits per heavy atom. The summed E-state index contributed by atoms with van der Waals surface area (Å²) in [7, 11) is -3.55. The SMILES string of the molecule is O=C(NC1CCC(n2cccn2)CC1)c1ccc(S(=O)(=O)N2CCOCC2)cc1. The zero-order valence-electron chi connectivity index (χ0n) is 16.2. The Bertz CT molecular complexity index is 914. The Hall–Kier alpha value is -2.23. The first-order chi connectivity index (χ1) is 14.0. The number of nitrogens with one attached hydrogen (secondary N) is 1. The van der Waals surface area contributed by atoms with E-state index in [1.54, 1.807) is 18.3 Å². The molecule has 1 saturated heterocycles. The Labute approximate surface area is 170 Å². The van der Waals surface area contributed by atoms with Crippen LogP contribution in [0.25, 0.3) is 0 Å². The summed E-state index contributed by atoms with van der Waals surface area (Å²) < 4.78 is 34.0. The summed E-state index contributed by atoms with van der Waals surface area (Å²) in [6.07, 6.45) is 7.53. The third kappa shape index (κ3) is 4.52. The fourth-order valence-electron chi connectivity index (χ4n) is 3.96. The van der Waals surface area contributed by atoms with Gasteiger partial charge in [-0.25, -0.2) is 8.42 Å². The molecule has 0 atom stereocenters. The van der Waals surface area contributed by atoms with Gasteiger partial charge in [0, 0.05) is 37.1 Å². The van der Waals surface area contributed by atoms with Crippen molar-refractivity contribution in [1.82, 2.24) is 19.4 Å². The van der Waals surface area contributed by atoms with Gasteiger partial charge in [-0.15, -0.1) is 0 Å². The largest absolute Gasteiger partial charge is 0.379 e. The second kappa shape index (κ2) is 8.64. The molecule has 156 valence electrons. The zero-order chi connectivity index (χ0) is 20.3. The minimum absolute atomic E-state index is 0.131. The standard InChI is InChI=1S/C20H26N4O4S/c25-20(22-17-4-6-18(7-5-17)24-11-1-10-21-24)16-2-8-19(9-3-16)29(26,27)23-12-14-28-15-13-23/h1-3,8-11,17-18H,4-7,12-15H2,(H,22,25). The number of rotatable bonds is 5. The van der Waals surface area contributed by atoms with Crippen LogP contribution < -0.4 is 5.32 Å². The fraction of sp³-hybridized carbons (Fsp3) is 0.500. The molecule has 0 spiro atoms. The highest BCUT2D eigenvalue weighted by Crippen LogP contribution is 2.28. The summed E-state index contributed by atoms with van der Waals surface area (Å²) in [5.74, 6) is -0.164.